The summed E-state index contributed by atoms with van der Waals surface area (Å²) in [5.41, 5.74) is 1.12. The predicted molar refractivity (Wildman–Crippen MR) is 111 cm³/mol. The van der Waals surface area contributed by atoms with Crippen LogP contribution in [0.3, 0.4) is 0 Å². The minimum Gasteiger partial charge on any atom is -0.444 e. The smallest absolute Gasteiger partial charge is 0.414 e. The molecule has 3 rings (SSSR count). The first kappa shape index (κ1) is 20.6. The van der Waals surface area contributed by atoms with Crippen LogP contribution in [-0.2, 0) is 9.53 Å². The van der Waals surface area contributed by atoms with E-state index < -0.39 is 14.2 Å². The predicted octanol–water partition coefficient (Wildman–Crippen LogP) is 3.60. The summed E-state index contributed by atoms with van der Waals surface area (Å²) in [5, 5.41) is 2.78. The normalized spacial score (nSPS) is 21.6. The van der Waals surface area contributed by atoms with Crippen molar-refractivity contribution in [1.82, 2.24) is 5.32 Å². The molecule has 0 radical (unpaired) electrons. The van der Waals surface area contributed by atoms with Crippen molar-refractivity contribution in [2.45, 2.75) is 51.1 Å². The molecule has 154 valence electrons. The lowest BCUT2D eigenvalue weighted by Crippen LogP contribution is -2.43. The van der Waals surface area contributed by atoms with Gasteiger partial charge in [0.1, 0.15) is 11.9 Å². The highest BCUT2D eigenvalue weighted by Crippen LogP contribution is 2.31. The highest BCUT2D eigenvalue weighted by atomic mass is 28.3. The van der Waals surface area contributed by atoms with Gasteiger partial charge in [-0.1, -0.05) is 20.0 Å². The Hall–Kier alpha value is -2.09. The van der Waals surface area contributed by atoms with E-state index in [9.17, 15) is 14.0 Å². The van der Waals surface area contributed by atoms with Crippen LogP contribution in [0, 0.1) is 5.82 Å². The Kier molecular flexibility index (Phi) is 6.27. The van der Waals surface area contributed by atoms with Gasteiger partial charge < -0.3 is 15.0 Å². The standard InChI is InChI=1S/C20H30FN3O3Si/c1-4-19(25)22-8-7-16-14-24(20(26)27-16)15-5-6-18(17(21)13-15)23-9-11-28(2,3)12-10-23/h5-6,13,16H,4,7-12,14H2,1-3H3,(H,22,25)/t16-/m0/s1. The Morgan fingerprint density at radius 1 is 1.32 bits per heavy atom. The van der Waals surface area contributed by atoms with Crippen molar-refractivity contribution in [3.63, 3.8) is 0 Å². The number of cyclic esters (lactones) is 1. The molecule has 6 nitrogen and oxygen atoms in total. The van der Waals surface area contributed by atoms with Gasteiger partial charge in [-0.15, -0.1) is 0 Å². The quantitative estimate of drug-likeness (QED) is 0.732. The third-order valence-corrected chi connectivity index (χ3v) is 8.84. The van der Waals surface area contributed by atoms with Gasteiger partial charge in [-0.2, -0.15) is 0 Å². The molecule has 8 heteroatoms. The molecule has 1 aromatic rings. The fraction of sp³-hybridized carbons (Fsp3) is 0.600. The van der Waals surface area contributed by atoms with Crippen molar-refractivity contribution in [2.24, 2.45) is 0 Å². The Labute approximate surface area is 167 Å². The third kappa shape index (κ3) is 4.84. The zero-order chi connectivity index (χ0) is 20.3. The van der Waals surface area contributed by atoms with E-state index in [-0.39, 0.29) is 17.8 Å². The highest BCUT2D eigenvalue weighted by Gasteiger charge is 2.33. The number of rotatable bonds is 6. The number of benzene rings is 1. The van der Waals surface area contributed by atoms with E-state index in [2.05, 4.69) is 23.3 Å². The number of hydrogen-bond acceptors (Lipinski definition) is 4. The van der Waals surface area contributed by atoms with Crippen molar-refractivity contribution in [3.8, 4) is 0 Å². The molecule has 28 heavy (non-hydrogen) atoms. The van der Waals surface area contributed by atoms with E-state index in [1.807, 2.05) is 0 Å². The number of nitrogens with zero attached hydrogens (tertiary/aromatic N) is 2. The summed E-state index contributed by atoms with van der Waals surface area (Å²) in [6.07, 6.45) is 0.201. The molecule has 0 aromatic heterocycles. The van der Waals surface area contributed by atoms with Gasteiger partial charge in [0, 0.05) is 32.5 Å². The molecule has 1 aromatic carbocycles. The van der Waals surface area contributed by atoms with Crippen molar-refractivity contribution < 1.29 is 18.7 Å². The summed E-state index contributed by atoms with van der Waals surface area (Å²) in [4.78, 5) is 27.1. The van der Waals surface area contributed by atoms with Crippen LogP contribution in [0.15, 0.2) is 18.2 Å². The largest absolute Gasteiger partial charge is 0.444 e. The van der Waals surface area contributed by atoms with Crippen molar-refractivity contribution >= 4 is 31.4 Å². The molecule has 2 amide bonds. The van der Waals surface area contributed by atoms with Gasteiger partial charge in [0.15, 0.2) is 0 Å². The zero-order valence-corrected chi connectivity index (χ0v) is 18.0. The SMILES string of the molecule is CCC(=O)NCC[C@H]1CN(c2ccc(N3CC[Si](C)(C)CC3)c(F)c2)C(=O)O1. The summed E-state index contributed by atoms with van der Waals surface area (Å²) in [6.45, 7) is 9.17. The van der Waals surface area contributed by atoms with Crippen LogP contribution in [0.1, 0.15) is 19.8 Å². The number of anilines is 2. The lowest BCUT2D eigenvalue weighted by Gasteiger charge is -2.37. The average Bonchev–Trinajstić information content (AvgIpc) is 3.02. The van der Waals surface area contributed by atoms with Gasteiger partial charge >= 0.3 is 6.09 Å². The van der Waals surface area contributed by atoms with E-state index in [0.29, 0.717) is 37.3 Å². The Morgan fingerprint density at radius 2 is 2.04 bits per heavy atom. The minimum absolute atomic E-state index is 0.0254. The number of nitrogens with one attached hydrogen (secondary N) is 1. The first-order chi connectivity index (χ1) is 13.3. The Bertz CT molecular complexity index is 733. The molecule has 1 atom stereocenters. The fourth-order valence-electron chi connectivity index (χ4n) is 3.65. The fourth-order valence-corrected chi connectivity index (χ4v) is 5.65. The lowest BCUT2D eigenvalue weighted by atomic mass is 10.2. The zero-order valence-electron chi connectivity index (χ0n) is 17.0. The van der Waals surface area contributed by atoms with Gasteiger partial charge in [-0.25, -0.2) is 9.18 Å². The summed E-state index contributed by atoms with van der Waals surface area (Å²) in [6, 6.07) is 7.32. The second-order valence-electron chi connectivity index (χ2n) is 8.40. The number of ether oxygens (including phenoxy) is 1. The van der Waals surface area contributed by atoms with Crippen molar-refractivity contribution in [3.05, 3.63) is 24.0 Å². The summed E-state index contributed by atoms with van der Waals surface area (Å²) >= 11 is 0. The first-order valence-electron chi connectivity index (χ1n) is 10.1. The Morgan fingerprint density at radius 3 is 2.68 bits per heavy atom. The first-order valence-corrected chi connectivity index (χ1v) is 13.5. The minimum atomic E-state index is -1.11. The van der Waals surface area contributed by atoms with Gasteiger partial charge in [-0.3, -0.25) is 9.69 Å². The third-order valence-electron chi connectivity index (χ3n) is 5.68. The van der Waals surface area contributed by atoms with Crippen molar-refractivity contribution in [1.29, 1.82) is 0 Å². The van der Waals surface area contributed by atoms with Crippen LogP contribution in [-0.4, -0.2) is 52.4 Å². The number of halogens is 1. The van der Waals surface area contributed by atoms with Gasteiger partial charge in [0.2, 0.25) is 5.91 Å². The van der Waals surface area contributed by atoms with Gasteiger partial charge in [0.25, 0.3) is 0 Å². The number of carbonyl (C=O) groups excluding carboxylic acids is 2. The molecule has 2 heterocycles. The maximum atomic E-state index is 14.8. The average molecular weight is 408 g/mol. The molecule has 0 bridgehead atoms. The van der Waals surface area contributed by atoms with Crippen LogP contribution < -0.4 is 15.1 Å². The van der Waals surface area contributed by atoms with E-state index in [1.54, 1.807) is 19.1 Å². The molecule has 2 saturated heterocycles. The molecular weight excluding hydrogens is 377 g/mol. The highest BCUT2D eigenvalue weighted by molar-refractivity contribution is 6.77. The number of hydrogen-bond donors (Lipinski definition) is 1. The van der Waals surface area contributed by atoms with Crippen LogP contribution in [0.2, 0.25) is 25.2 Å². The number of amides is 2. The molecule has 2 fully saturated rings. The van der Waals surface area contributed by atoms with Crippen LogP contribution in [0.25, 0.3) is 0 Å². The van der Waals surface area contributed by atoms with Crippen LogP contribution >= 0.6 is 0 Å². The molecule has 0 unspecified atom stereocenters. The summed E-state index contributed by atoms with van der Waals surface area (Å²) in [7, 11) is -1.11. The topological polar surface area (TPSA) is 61.9 Å². The van der Waals surface area contributed by atoms with E-state index in [1.165, 1.54) is 23.1 Å². The van der Waals surface area contributed by atoms with Crippen molar-refractivity contribution in [2.75, 3.05) is 36.0 Å². The monoisotopic (exact) mass is 407 g/mol. The van der Waals surface area contributed by atoms with E-state index >= 15 is 0 Å². The van der Waals surface area contributed by atoms with Gasteiger partial charge in [0.05, 0.1) is 26.0 Å². The molecule has 0 aliphatic carbocycles. The molecule has 0 saturated carbocycles. The van der Waals surface area contributed by atoms with Crippen LogP contribution in [0.4, 0.5) is 20.6 Å². The molecule has 0 spiro atoms. The molecular formula is C20H30FN3O3Si. The van der Waals surface area contributed by atoms with E-state index in [0.717, 1.165) is 13.1 Å². The molecule has 2 aliphatic rings. The molecule has 2 aliphatic heterocycles. The second kappa shape index (κ2) is 8.51. The maximum absolute atomic E-state index is 14.8. The maximum Gasteiger partial charge on any atom is 0.414 e. The Balaban J connectivity index is 1.60. The lowest BCUT2D eigenvalue weighted by molar-refractivity contribution is -0.120. The summed E-state index contributed by atoms with van der Waals surface area (Å²) < 4.78 is 20.1. The molecule has 1 N–H and O–H groups in total. The van der Waals surface area contributed by atoms with Crippen LogP contribution in [0.5, 0.6) is 0 Å². The van der Waals surface area contributed by atoms with Gasteiger partial charge in [-0.05, 0) is 30.3 Å². The summed E-state index contributed by atoms with van der Waals surface area (Å²) in [5.74, 6) is -0.326. The second-order valence-corrected chi connectivity index (χ2v) is 13.7. The van der Waals surface area contributed by atoms with E-state index in [4.69, 9.17) is 4.74 Å². The number of carbonyl (C=O) groups is 2.